The molecule has 1 aromatic carbocycles. The number of carboxylic acids is 1. The molecule has 1 saturated carbocycles. The third kappa shape index (κ3) is 7.46. The molecule has 34 heavy (non-hydrogen) atoms. The number of aliphatic hydroxyl groups is 2. The van der Waals surface area contributed by atoms with Gasteiger partial charge in [0.05, 0.1) is 25.4 Å². The minimum Gasteiger partial charge on any atom is -0.490 e. The van der Waals surface area contributed by atoms with Gasteiger partial charge in [-0.05, 0) is 25.2 Å². The van der Waals surface area contributed by atoms with E-state index in [-0.39, 0.29) is 36.2 Å². The van der Waals surface area contributed by atoms with E-state index in [4.69, 9.17) is 14.2 Å². The van der Waals surface area contributed by atoms with Crippen LogP contribution in [0, 0.1) is 29.4 Å². The van der Waals surface area contributed by atoms with E-state index in [1.807, 2.05) is 6.92 Å². The van der Waals surface area contributed by atoms with Crippen molar-refractivity contribution < 1.29 is 43.1 Å². The Bertz CT molecular complexity index is 813. The first-order chi connectivity index (χ1) is 16.3. The number of benzene rings is 1. The molecule has 0 amide bonds. The molecule has 3 rings (SSSR count). The van der Waals surface area contributed by atoms with E-state index in [1.54, 1.807) is 6.08 Å². The molecule has 1 unspecified atom stereocenters. The number of hydrogen-bond donors (Lipinski definition) is 3. The maximum atomic E-state index is 13.3. The van der Waals surface area contributed by atoms with Crippen LogP contribution in [0.5, 0.6) is 5.75 Å². The average molecular weight is 485 g/mol. The summed E-state index contributed by atoms with van der Waals surface area (Å²) in [5.41, 5.74) is 0. The standard InChI is InChI=1S/C25H34F2O7/c1-2-3-23(25(30)31)33-12-15-4-6-21-20(22(29)11-24(21)34-13-15)7-5-18(28)14-32-19-9-16(26)8-17(27)10-19/h5,7-10,15,18,20-24,28-29H,2-4,6,11-14H2,1H3,(H,30,31)/t15-,18+,20+,21+,22+,23?,24-/m0/s1. The second kappa shape index (κ2) is 12.6. The molecule has 7 nitrogen and oxygen atoms in total. The minimum absolute atomic E-state index is 0.0135. The summed E-state index contributed by atoms with van der Waals surface area (Å²) in [5.74, 6) is -2.56. The zero-order valence-electron chi connectivity index (χ0n) is 19.3. The smallest absolute Gasteiger partial charge is 0.332 e. The second-order valence-electron chi connectivity index (χ2n) is 9.18. The lowest BCUT2D eigenvalue weighted by Crippen LogP contribution is -2.27. The van der Waals surface area contributed by atoms with Crippen LogP contribution in [0.15, 0.2) is 30.4 Å². The molecular formula is C25H34F2O7. The summed E-state index contributed by atoms with van der Waals surface area (Å²) < 4.78 is 43.5. The number of halogens is 2. The van der Waals surface area contributed by atoms with Crippen molar-refractivity contribution in [2.45, 2.75) is 63.4 Å². The number of rotatable bonds is 11. The number of fused-ring (bicyclic) bond motifs is 1. The minimum atomic E-state index is -1.02. The van der Waals surface area contributed by atoms with E-state index in [2.05, 4.69) is 0 Å². The number of carboxylic acid groups (broad SMARTS) is 1. The molecule has 3 N–H and O–H groups in total. The summed E-state index contributed by atoms with van der Waals surface area (Å²) in [7, 11) is 0. The Morgan fingerprint density at radius 2 is 2.00 bits per heavy atom. The Labute approximate surface area is 198 Å². The van der Waals surface area contributed by atoms with Crippen molar-refractivity contribution in [3.63, 3.8) is 0 Å². The topological polar surface area (TPSA) is 105 Å². The Kier molecular flexibility index (Phi) is 9.82. The molecule has 1 aliphatic heterocycles. The lowest BCUT2D eigenvalue weighted by atomic mass is 9.87. The van der Waals surface area contributed by atoms with Gasteiger partial charge in [0.2, 0.25) is 0 Å². The molecule has 0 spiro atoms. The summed E-state index contributed by atoms with van der Waals surface area (Å²) in [6, 6.07) is 2.81. The number of carbonyl (C=O) groups is 1. The van der Waals surface area contributed by atoms with Gasteiger partial charge in [-0.15, -0.1) is 0 Å². The summed E-state index contributed by atoms with van der Waals surface area (Å²) in [6.07, 6.45) is 3.98. The molecule has 1 saturated heterocycles. The van der Waals surface area contributed by atoms with Crippen LogP contribution in [0.25, 0.3) is 0 Å². The molecule has 2 fully saturated rings. The van der Waals surface area contributed by atoms with Gasteiger partial charge in [0.1, 0.15) is 30.1 Å². The first-order valence-corrected chi connectivity index (χ1v) is 11.9. The molecule has 2 aliphatic rings. The normalized spacial score (nSPS) is 28.9. The molecule has 0 radical (unpaired) electrons. The Morgan fingerprint density at radius 1 is 1.26 bits per heavy atom. The zero-order chi connectivity index (χ0) is 24.7. The van der Waals surface area contributed by atoms with E-state index >= 15 is 0 Å². The first kappa shape index (κ1) is 26.5. The van der Waals surface area contributed by atoms with Crippen molar-refractivity contribution in [1.29, 1.82) is 0 Å². The molecule has 1 heterocycles. The molecular weight excluding hydrogens is 450 g/mol. The van der Waals surface area contributed by atoms with Gasteiger partial charge in [0.25, 0.3) is 0 Å². The van der Waals surface area contributed by atoms with Gasteiger partial charge < -0.3 is 29.5 Å². The van der Waals surface area contributed by atoms with Crippen LogP contribution >= 0.6 is 0 Å². The third-order valence-corrected chi connectivity index (χ3v) is 6.52. The van der Waals surface area contributed by atoms with Crippen LogP contribution in [0.1, 0.15) is 39.0 Å². The fraction of sp³-hybridized carbons (Fsp3) is 0.640. The molecule has 1 aromatic rings. The molecule has 190 valence electrons. The highest BCUT2D eigenvalue weighted by Gasteiger charge is 2.43. The molecule has 9 heteroatoms. The van der Waals surface area contributed by atoms with Crippen molar-refractivity contribution in [3.05, 3.63) is 42.0 Å². The lowest BCUT2D eigenvalue weighted by Gasteiger charge is -2.21. The van der Waals surface area contributed by atoms with Gasteiger partial charge in [0.15, 0.2) is 6.10 Å². The van der Waals surface area contributed by atoms with Crippen molar-refractivity contribution in [2.24, 2.45) is 17.8 Å². The Balaban J connectivity index is 1.51. The fourth-order valence-electron chi connectivity index (χ4n) is 4.74. The van der Waals surface area contributed by atoms with Gasteiger partial charge in [0, 0.05) is 36.5 Å². The molecule has 0 aromatic heterocycles. The van der Waals surface area contributed by atoms with Crippen LogP contribution < -0.4 is 4.74 Å². The number of aliphatic hydroxyl groups excluding tert-OH is 2. The second-order valence-corrected chi connectivity index (χ2v) is 9.18. The van der Waals surface area contributed by atoms with E-state index in [1.165, 1.54) is 6.08 Å². The van der Waals surface area contributed by atoms with E-state index < -0.39 is 35.9 Å². The Morgan fingerprint density at radius 3 is 2.68 bits per heavy atom. The molecule has 0 bridgehead atoms. The van der Waals surface area contributed by atoms with Crippen molar-refractivity contribution in [2.75, 3.05) is 19.8 Å². The molecule has 1 aliphatic carbocycles. The van der Waals surface area contributed by atoms with Crippen molar-refractivity contribution in [1.82, 2.24) is 0 Å². The predicted octanol–water partition coefficient (Wildman–Crippen LogP) is 3.32. The maximum absolute atomic E-state index is 13.3. The van der Waals surface area contributed by atoms with Gasteiger partial charge in [-0.25, -0.2) is 13.6 Å². The largest absolute Gasteiger partial charge is 0.490 e. The monoisotopic (exact) mass is 484 g/mol. The van der Waals surface area contributed by atoms with Gasteiger partial charge in [-0.1, -0.05) is 25.5 Å². The highest BCUT2D eigenvalue weighted by molar-refractivity contribution is 5.72. The van der Waals surface area contributed by atoms with Crippen molar-refractivity contribution in [3.8, 4) is 5.75 Å². The summed E-state index contributed by atoms with van der Waals surface area (Å²) in [6.45, 7) is 2.49. The number of ether oxygens (including phenoxy) is 3. The highest BCUT2D eigenvalue weighted by atomic mass is 19.1. The van der Waals surface area contributed by atoms with E-state index in [0.29, 0.717) is 26.1 Å². The summed E-state index contributed by atoms with van der Waals surface area (Å²) >= 11 is 0. The van der Waals surface area contributed by atoms with Gasteiger partial charge >= 0.3 is 5.97 Å². The van der Waals surface area contributed by atoms with E-state index in [0.717, 1.165) is 37.5 Å². The van der Waals surface area contributed by atoms with Crippen LogP contribution in [-0.4, -0.2) is 65.5 Å². The van der Waals surface area contributed by atoms with Gasteiger partial charge in [-0.2, -0.15) is 0 Å². The van der Waals surface area contributed by atoms with Crippen LogP contribution in [0.4, 0.5) is 8.78 Å². The lowest BCUT2D eigenvalue weighted by molar-refractivity contribution is -0.152. The SMILES string of the molecule is CCCC(OC[C@@H]1CC[C@@H]2[C@@H](C=C[C@@H](O)COc3cc(F)cc(F)c3)[C@H](O)C[C@@H]2OC1)C(=O)O. The van der Waals surface area contributed by atoms with Crippen LogP contribution in [0.3, 0.4) is 0 Å². The third-order valence-electron chi connectivity index (χ3n) is 6.52. The van der Waals surface area contributed by atoms with Crippen LogP contribution in [-0.2, 0) is 14.3 Å². The van der Waals surface area contributed by atoms with Crippen molar-refractivity contribution >= 4 is 5.97 Å². The first-order valence-electron chi connectivity index (χ1n) is 11.9. The number of hydrogen-bond acceptors (Lipinski definition) is 6. The predicted molar refractivity (Wildman–Crippen MR) is 119 cm³/mol. The molecule has 7 atom stereocenters. The highest BCUT2D eigenvalue weighted by Crippen LogP contribution is 2.41. The average Bonchev–Trinajstić information content (AvgIpc) is 2.94. The summed E-state index contributed by atoms with van der Waals surface area (Å²) in [5, 5.41) is 30.0. The fourth-order valence-corrected chi connectivity index (χ4v) is 4.74. The van der Waals surface area contributed by atoms with E-state index in [9.17, 15) is 28.9 Å². The number of aliphatic carboxylic acids is 1. The van der Waals surface area contributed by atoms with Crippen LogP contribution in [0.2, 0.25) is 0 Å². The quantitative estimate of drug-likeness (QED) is 0.414. The zero-order valence-corrected chi connectivity index (χ0v) is 19.3. The summed E-state index contributed by atoms with van der Waals surface area (Å²) in [4.78, 5) is 11.3. The Hall–Kier alpha value is -2.07. The van der Waals surface area contributed by atoms with Gasteiger partial charge in [-0.3, -0.25) is 0 Å². The maximum Gasteiger partial charge on any atom is 0.332 e.